The lowest BCUT2D eigenvalue weighted by molar-refractivity contribution is 0.202. The van der Waals surface area contributed by atoms with E-state index in [9.17, 15) is 8.42 Å². The predicted molar refractivity (Wildman–Crippen MR) is 73.0 cm³/mol. The number of hydrogen-bond acceptors (Lipinski definition) is 4. The van der Waals surface area contributed by atoms with Gasteiger partial charge in [-0.3, -0.25) is 4.90 Å². The van der Waals surface area contributed by atoms with Gasteiger partial charge in [-0.1, -0.05) is 20.8 Å². The number of aliphatic hydroxyl groups is 1. The van der Waals surface area contributed by atoms with Crippen LogP contribution in [0.25, 0.3) is 0 Å². The fourth-order valence-electron chi connectivity index (χ4n) is 2.23. The van der Waals surface area contributed by atoms with Gasteiger partial charge in [0.05, 0.1) is 12.4 Å². The summed E-state index contributed by atoms with van der Waals surface area (Å²) in [6.45, 7) is 9.31. The first kappa shape index (κ1) is 15.9. The highest BCUT2D eigenvalue weighted by Crippen LogP contribution is 2.19. The number of hydrogen-bond donors (Lipinski definition) is 1. The van der Waals surface area contributed by atoms with Gasteiger partial charge in [-0.15, -0.1) is 0 Å². The Kier molecular flexibility index (Phi) is 5.58. The summed E-state index contributed by atoms with van der Waals surface area (Å²) in [4.78, 5) is 2.12. The van der Waals surface area contributed by atoms with Gasteiger partial charge < -0.3 is 5.11 Å². The normalized spacial score (nSPS) is 20.9. The fourth-order valence-corrected chi connectivity index (χ4v) is 4.27. The maximum absolute atomic E-state index is 12.3. The van der Waals surface area contributed by atoms with Crippen molar-refractivity contribution in [1.29, 1.82) is 0 Å². The predicted octanol–water partition coefficient (Wildman–Crippen LogP) is 0.362. The average Bonchev–Trinajstić information content (AvgIpc) is 2.40. The van der Waals surface area contributed by atoms with Crippen LogP contribution in [0.2, 0.25) is 0 Å². The first-order valence-electron chi connectivity index (χ1n) is 6.56. The maximum Gasteiger partial charge on any atom is 0.214 e. The second kappa shape index (κ2) is 6.32. The fraction of sp³-hybridized carbons (Fsp3) is 1.00. The van der Waals surface area contributed by atoms with E-state index in [1.165, 1.54) is 0 Å². The molecular weight excluding hydrogens is 252 g/mol. The molecule has 5 nitrogen and oxygen atoms in total. The van der Waals surface area contributed by atoms with Crippen LogP contribution in [0.15, 0.2) is 0 Å². The Hall–Kier alpha value is -0.170. The van der Waals surface area contributed by atoms with Gasteiger partial charge in [0, 0.05) is 26.2 Å². The van der Waals surface area contributed by atoms with Gasteiger partial charge in [-0.05, 0) is 18.4 Å². The van der Waals surface area contributed by atoms with Crippen molar-refractivity contribution in [3.63, 3.8) is 0 Å². The molecule has 0 spiro atoms. The average molecular weight is 278 g/mol. The lowest BCUT2D eigenvalue weighted by atomic mass is 10.0. The van der Waals surface area contributed by atoms with E-state index in [0.29, 0.717) is 26.2 Å². The molecule has 0 aromatic carbocycles. The van der Waals surface area contributed by atoms with Gasteiger partial charge in [-0.2, -0.15) is 0 Å². The highest BCUT2D eigenvalue weighted by Gasteiger charge is 2.29. The highest BCUT2D eigenvalue weighted by molar-refractivity contribution is 7.89. The van der Waals surface area contributed by atoms with Crippen LogP contribution >= 0.6 is 0 Å². The molecule has 0 atom stereocenters. The molecule has 0 amide bonds. The molecule has 0 bridgehead atoms. The number of aliphatic hydroxyl groups excluding tert-OH is 1. The number of sulfonamides is 1. The van der Waals surface area contributed by atoms with Crippen molar-refractivity contribution in [3.8, 4) is 0 Å². The lowest BCUT2D eigenvalue weighted by Gasteiger charge is -2.25. The van der Waals surface area contributed by atoms with Crippen molar-refractivity contribution < 1.29 is 13.5 Å². The topological polar surface area (TPSA) is 60.9 Å². The third kappa shape index (κ3) is 5.22. The highest BCUT2D eigenvalue weighted by atomic mass is 32.2. The largest absolute Gasteiger partial charge is 0.395 e. The molecule has 0 saturated carbocycles. The summed E-state index contributed by atoms with van der Waals surface area (Å²) in [6, 6.07) is 0. The summed E-state index contributed by atoms with van der Waals surface area (Å²) in [5.41, 5.74) is -0.212. The van der Waals surface area contributed by atoms with Gasteiger partial charge in [0.2, 0.25) is 10.0 Å². The quantitative estimate of drug-likeness (QED) is 0.807. The van der Waals surface area contributed by atoms with Gasteiger partial charge in [0.25, 0.3) is 0 Å². The molecule has 108 valence electrons. The van der Waals surface area contributed by atoms with Crippen LogP contribution < -0.4 is 0 Å². The zero-order chi connectivity index (χ0) is 13.8. The summed E-state index contributed by atoms with van der Waals surface area (Å²) < 4.78 is 26.2. The molecule has 0 aliphatic carbocycles. The minimum atomic E-state index is -3.16. The second-order valence-electron chi connectivity index (χ2n) is 6.13. The smallest absolute Gasteiger partial charge is 0.214 e. The van der Waals surface area contributed by atoms with Crippen molar-refractivity contribution in [2.45, 2.75) is 27.2 Å². The molecule has 1 aliphatic heterocycles. The molecule has 6 heteroatoms. The molecule has 0 aromatic heterocycles. The van der Waals surface area contributed by atoms with Crippen molar-refractivity contribution >= 4 is 10.0 Å². The van der Waals surface area contributed by atoms with E-state index >= 15 is 0 Å². The molecule has 0 unspecified atom stereocenters. The Morgan fingerprint density at radius 3 is 2.33 bits per heavy atom. The van der Waals surface area contributed by atoms with Crippen LogP contribution in [0.1, 0.15) is 27.2 Å². The maximum atomic E-state index is 12.3. The number of rotatable bonds is 4. The molecule has 18 heavy (non-hydrogen) atoms. The van der Waals surface area contributed by atoms with Crippen molar-refractivity contribution in [2.24, 2.45) is 5.41 Å². The van der Waals surface area contributed by atoms with E-state index < -0.39 is 10.0 Å². The minimum absolute atomic E-state index is 0.134. The standard InChI is InChI=1S/C12H26N2O3S/c1-12(2,3)11-18(16,17)14-6-4-5-13(7-8-14)9-10-15/h15H,4-11H2,1-3H3. The summed E-state index contributed by atoms with van der Waals surface area (Å²) >= 11 is 0. The molecule has 1 aliphatic rings. The summed E-state index contributed by atoms with van der Waals surface area (Å²) in [5.74, 6) is 0.194. The zero-order valence-corrected chi connectivity index (χ0v) is 12.5. The molecule has 1 rings (SSSR count). The summed E-state index contributed by atoms with van der Waals surface area (Å²) in [7, 11) is -3.16. The molecule has 1 fully saturated rings. The minimum Gasteiger partial charge on any atom is -0.395 e. The van der Waals surface area contributed by atoms with Crippen LogP contribution in [-0.2, 0) is 10.0 Å². The monoisotopic (exact) mass is 278 g/mol. The summed E-state index contributed by atoms with van der Waals surface area (Å²) in [6.07, 6.45) is 0.837. The van der Waals surface area contributed by atoms with Gasteiger partial charge >= 0.3 is 0 Å². The second-order valence-corrected chi connectivity index (χ2v) is 8.10. The number of nitrogens with zero attached hydrogens (tertiary/aromatic N) is 2. The molecule has 1 heterocycles. The Balaban J connectivity index is 2.62. The molecule has 0 aromatic rings. The SMILES string of the molecule is CC(C)(C)CS(=O)(=O)N1CCCN(CCO)CC1. The molecule has 1 N–H and O–H groups in total. The van der Waals surface area contributed by atoms with E-state index in [4.69, 9.17) is 5.11 Å². The lowest BCUT2D eigenvalue weighted by Crippen LogP contribution is -2.39. The number of β-amino-alcohol motifs (C(OH)–C–C–N with tert-alkyl or cyclic N) is 1. The van der Waals surface area contributed by atoms with Gasteiger partial charge in [-0.25, -0.2) is 12.7 Å². The Bertz CT molecular complexity index is 349. The van der Waals surface area contributed by atoms with Gasteiger partial charge in [0.15, 0.2) is 0 Å². The van der Waals surface area contributed by atoms with E-state index in [2.05, 4.69) is 4.90 Å². The van der Waals surface area contributed by atoms with Crippen LogP contribution in [0.5, 0.6) is 0 Å². The van der Waals surface area contributed by atoms with E-state index in [1.54, 1.807) is 4.31 Å². The van der Waals surface area contributed by atoms with Crippen LogP contribution in [0.3, 0.4) is 0 Å². The Morgan fingerprint density at radius 1 is 1.11 bits per heavy atom. The first-order valence-corrected chi connectivity index (χ1v) is 8.16. The van der Waals surface area contributed by atoms with Crippen LogP contribution in [-0.4, -0.2) is 67.8 Å². The van der Waals surface area contributed by atoms with E-state index in [0.717, 1.165) is 13.0 Å². The van der Waals surface area contributed by atoms with Crippen molar-refractivity contribution in [1.82, 2.24) is 9.21 Å². The Morgan fingerprint density at radius 2 is 1.78 bits per heavy atom. The Labute approximate surface area is 111 Å². The molecular formula is C12H26N2O3S. The summed E-state index contributed by atoms with van der Waals surface area (Å²) in [5, 5.41) is 8.92. The molecule has 1 saturated heterocycles. The van der Waals surface area contributed by atoms with Crippen molar-refractivity contribution in [2.75, 3.05) is 45.1 Å². The molecule has 0 radical (unpaired) electrons. The van der Waals surface area contributed by atoms with Gasteiger partial charge in [0.1, 0.15) is 0 Å². The van der Waals surface area contributed by atoms with Crippen LogP contribution in [0, 0.1) is 5.41 Å². The van der Waals surface area contributed by atoms with E-state index in [-0.39, 0.29) is 17.8 Å². The zero-order valence-electron chi connectivity index (χ0n) is 11.7. The third-order valence-electron chi connectivity index (χ3n) is 2.97. The van der Waals surface area contributed by atoms with Crippen molar-refractivity contribution in [3.05, 3.63) is 0 Å². The third-order valence-corrected chi connectivity index (χ3v) is 5.36. The van der Waals surface area contributed by atoms with E-state index in [1.807, 2.05) is 20.8 Å². The van der Waals surface area contributed by atoms with Crippen LogP contribution in [0.4, 0.5) is 0 Å². The first-order chi connectivity index (χ1) is 8.24.